The average Bonchev–Trinajstić information content (AvgIpc) is 3.17. The van der Waals surface area contributed by atoms with Gasteiger partial charge in [0.1, 0.15) is 0 Å². The van der Waals surface area contributed by atoms with E-state index >= 15 is 0 Å². The molecule has 162 valence electrons. The molecule has 29 heavy (non-hydrogen) atoms. The van der Waals surface area contributed by atoms with Crippen molar-refractivity contribution in [2.24, 2.45) is 0 Å². The molecular weight excluding hydrogens is 392 g/mol. The lowest BCUT2D eigenvalue weighted by Crippen LogP contribution is -2.32. The molecule has 2 aliphatic heterocycles. The van der Waals surface area contributed by atoms with Gasteiger partial charge in [-0.3, -0.25) is 19.2 Å². The highest BCUT2D eigenvalue weighted by Gasteiger charge is 2.33. The largest absolute Gasteiger partial charge is 0.385 e. The van der Waals surface area contributed by atoms with E-state index in [9.17, 15) is 28.8 Å². The summed E-state index contributed by atoms with van der Waals surface area (Å²) >= 11 is 0. The van der Waals surface area contributed by atoms with E-state index < -0.39 is 35.6 Å². The van der Waals surface area contributed by atoms with Gasteiger partial charge >= 0.3 is 11.9 Å². The van der Waals surface area contributed by atoms with Gasteiger partial charge in [0.25, 0.3) is 23.6 Å². The normalized spacial score (nSPS) is 16.1. The summed E-state index contributed by atoms with van der Waals surface area (Å²) in [4.78, 5) is 75.4. The fraction of sp³-hybridized carbons (Fsp3) is 0.647. The molecule has 4 amide bonds. The molecule has 0 saturated carbocycles. The minimum atomic E-state index is -0.643. The topological polar surface area (TPSA) is 146 Å². The Hall–Kier alpha value is -2.86. The second kappa shape index (κ2) is 12.6. The van der Waals surface area contributed by atoms with E-state index in [4.69, 9.17) is 4.74 Å². The highest BCUT2D eigenvalue weighted by atomic mass is 16.7. The van der Waals surface area contributed by atoms with Crippen LogP contribution in [-0.2, 0) is 47.9 Å². The summed E-state index contributed by atoms with van der Waals surface area (Å²) in [7, 11) is 2.97. The number of hydroxylamine groups is 4. The van der Waals surface area contributed by atoms with Gasteiger partial charge in [0.2, 0.25) is 0 Å². The number of hydrogen-bond acceptors (Lipinski definition) is 10. The third-order valence-corrected chi connectivity index (χ3v) is 3.64. The van der Waals surface area contributed by atoms with Crippen molar-refractivity contribution in [1.29, 1.82) is 0 Å². The summed E-state index contributed by atoms with van der Waals surface area (Å²) in [5.74, 6) is -3.09. The molecule has 0 aromatic rings. The lowest BCUT2D eigenvalue weighted by Gasteiger charge is -2.12. The molecule has 0 aromatic carbocycles. The third kappa shape index (κ3) is 8.35. The highest BCUT2D eigenvalue weighted by molar-refractivity contribution is 6.02. The number of rotatable bonds is 9. The maximum atomic E-state index is 11.1. The Bertz CT molecular complexity index is 616. The van der Waals surface area contributed by atoms with Crippen LogP contribution >= 0.6 is 0 Å². The van der Waals surface area contributed by atoms with Crippen LogP contribution in [0.5, 0.6) is 0 Å². The molecule has 0 unspecified atom stereocenters. The molecule has 0 spiro atoms. The van der Waals surface area contributed by atoms with Gasteiger partial charge in [-0.05, 0) is 6.42 Å². The van der Waals surface area contributed by atoms with Gasteiger partial charge in [-0.1, -0.05) is 0 Å². The van der Waals surface area contributed by atoms with E-state index in [2.05, 4.69) is 14.4 Å². The molecule has 0 radical (unpaired) electrons. The minimum absolute atomic E-state index is 0.0214. The summed E-state index contributed by atoms with van der Waals surface area (Å²) in [6.45, 7) is 0.645. The zero-order valence-corrected chi connectivity index (χ0v) is 16.3. The molecule has 2 saturated heterocycles. The van der Waals surface area contributed by atoms with E-state index in [-0.39, 0.29) is 45.1 Å². The second-order valence-corrected chi connectivity index (χ2v) is 5.93. The van der Waals surface area contributed by atoms with Crippen LogP contribution in [0.1, 0.15) is 44.9 Å². The number of hydrogen-bond donors (Lipinski definition) is 0. The van der Waals surface area contributed by atoms with Crippen LogP contribution < -0.4 is 0 Å². The number of nitrogens with zero attached hydrogens (tertiary/aromatic N) is 2. The van der Waals surface area contributed by atoms with Gasteiger partial charge in [0.15, 0.2) is 0 Å². The highest BCUT2D eigenvalue weighted by Crippen LogP contribution is 2.13. The average molecular weight is 416 g/mol. The Labute approximate surface area is 166 Å². The maximum Gasteiger partial charge on any atom is 0.335 e. The van der Waals surface area contributed by atoms with E-state index in [1.807, 2.05) is 0 Å². The van der Waals surface area contributed by atoms with Gasteiger partial charge in [0, 0.05) is 46.5 Å². The minimum Gasteiger partial charge on any atom is -0.385 e. The number of carbonyl (C=O) groups is 6. The predicted octanol–water partition coefficient (Wildman–Crippen LogP) is -0.350. The monoisotopic (exact) mass is 416 g/mol. The summed E-state index contributed by atoms with van der Waals surface area (Å²) in [6.07, 6.45) is 1.10. The zero-order chi connectivity index (χ0) is 21.8. The van der Waals surface area contributed by atoms with Crippen LogP contribution in [0.15, 0.2) is 0 Å². The van der Waals surface area contributed by atoms with Gasteiger partial charge in [-0.25, -0.2) is 9.59 Å². The van der Waals surface area contributed by atoms with Crippen molar-refractivity contribution >= 4 is 35.6 Å². The number of imide groups is 2. The van der Waals surface area contributed by atoms with Crippen molar-refractivity contribution in [3.63, 3.8) is 0 Å². The van der Waals surface area contributed by atoms with Gasteiger partial charge in [-0.15, -0.1) is 10.1 Å². The number of ether oxygens (including phenoxy) is 2. The van der Waals surface area contributed by atoms with Crippen LogP contribution in [-0.4, -0.2) is 73.1 Å². The SMILES string of the molecule is COCCC(=O)ON1C(=O)CCC1=O.COCCCC(=O)ON1C(=O)CCC1=O. The Morgan fingerprint density at radius 2 is 1.07 bits per heavy atom. The van der Waals surface area contributed by atoms with Crippen LogP contribution in [0.25, 0.3) is 0 Å². The van der Waals surface area contributed by atoms with Gasteiger partial charge in [0.05, 0.1) is 19.4 Å². The van der Waals surface area contributed by atoms with Crippen LogP contribution in [0.4, 0.5) is 0 Å². The number of amides is 4. The van der Waals surface area contributed by atoms with Gasteiger partial charge in [-0.2, -0.15) is 0 Å². The molecule has 2 heterocycles. The quantitative estimate of drug-likeness (QED) is 0.361. The van der Waals surface area contributed by atoms with Crippen molar-refractivity contribution in [3.05, 3.63) is 0 Å². The standard InChI is InChI=1S/C9H13NO5.C8H11NO5/c1-14-6-2-3-9(13)15-10-7(11)4-5-8(10)12;1-13-5-4-8(12)14-9-6(10)2-3-7(9)11/h2-6H2,1H3;2-5H2,1H3. The molecular formula is C17H24N2O10. The number of carbonyl (C=O) groups excluding carboxylic acids is 6. The molecule has 0 bridgehead atoms. The first-order valence-corrected chi connectivity index (χ1v) is 8.91. The molecule has 0 N–H and O–H groups in total. The molecule has 0 aromatic heterocycles. The first kappa shape index (κ1) is 24.2. The van der Waals surface area contributed by atoms with Gasteiger partial charge < -0.3 is 19.1 Å². The van der Waals surface area contributed by atoms with Crippen molar-refractivity contribution in [1.82, 2.24) is 10.1 Å². The van der Waals surface area contributed by atoms with Crippen molar-refractivity contribution < 1.29 is 47.9 Å². The van der Waals surface area contributed by atoms with Crippen LogP contribution in [0.2, 0.25) is 0 Å². The van der Waals surface area contributed by atoms with Crippen molar-refractivity contribution in [2.75, 3.05) is 27.4 Å². The lowest BCUT2D eigenvalue weighted by molar-refractivity contribution is -0.198. The Morgan fingerprint density at radius 1 is 0.690 bits per heavy atom. The predicted molar refractivity (Wildman–Crippen MR) is 92.0 cm³/mol. The van der Waals surface area contributed by atoms with Crippen molar-refractivity contribution in [3.8, 4) is 0 Å². The third-order valence-electron chi connectivity index (χ3n) is 3.64. The molecule has 2 rings (SSSR count). The molecule has 0 atom stereocenters. The maximum absolute atomic E-state index is 11.1. The summed E-state index contributed by atoms with van der Waals surface area (Å²) in [5, 5.41) is 1.08. The molecule has 12 heteroatoms. The molecule has 12 nitrogen and oxygen atoms in total. The van der Waals surface area contributed by atoms with Crippen LogP contribution in [0.3, 0.4) is 0 Å². The zero-order valence-electron chi connectivity index (χ0n) is 16.3. The van der Waals surface area contributed by atoms with E-state index in [0.29, 0.717) is 23.2 Å². The Morgan fingerprint density at radius 3 is 1.45 bits per heavy atom. The molecule has 2 fully saturated rings. The summed E-state index contributed by atoms with van der Waals surface area (Å²) in [5.41, 5.74) is 0. The molecule has 0 aliphatic carbocycles. The Kier molecular flexibility index (Phi) is 10.5. The second-order valence-electron chi connectivity index (χ2n) is 5.93. The summed E-state index contributed by atoms with van der Waals surface area (Å²) < 4.78 is 9.39. The van der Waals surface area contributed by atoms with E-state index in [0.717, 1.165) is 0 Å². The number of methoxy groups -OCH3 is 2. The van der Waals surface area contributed by atoms with E-state index in [1.54, 1.807) is 0 Å². The fourth-order valence-electron chi connectivity index (χ4n) is 2.16. The van der Waals surface area contributed by atoms with E-state index in [1.165, 1.54) is 14.2 Å². The first-order valence-electron chi connectivity index (χ1n) is 8.91. The van der Waals surface area contributed by atoms with Crippen molar-refractivity contribution in [2.45, 2.75) is 44.9 Å². The molecule has 2 aliphatic rings. The smallest absolute Gasteiger partial charge is 0.335 e. The summed E-state index contributed by atoms with van der Waals surface area (Å²) in [6, 6.07) is 0. The fourth-order valence-corrected chi connectivity index (χ4v) is 2.16. The lowest BCUT2D eigenvalue weighted by atomic mass is 10.3. The van der Waals surface area contributed by atoms with Crippen LogP contribution in [0, 0.1) is 0 Å². The Balaban J connectivity index is 0.000000291. The first-order chi connectivity index (χ1) is 13.8.